The number of nitrogens with zero attached hydrogens (tertiary/aromatic N) is 2. The standard InChI is InChI=1S/C20H23F3N4OS/c21-20(22,23)13-11-17-18(25-15-3-1-2-4-16(15)29-17)19(28,12-13)26-14-5-8-27(9-6-14)10-7-24/h1-4,11-12,14,26,28H,5-10,24H2. The highest BCUT2D eigenvalue weighted by Crippen LogP contribution is 2.46. The molecule has 29 heavy (non-hydrogen) atoms. The lowest BCUT2D eigenvalue weighted by Gasteiger charge is -2.40. The van der Waals surface area contributed by atoms with E-state index in [1.54, 1.807) is 6.07 Å². The molecule has 0 spiro atoms. The predicted molar refractivity (Wildman–Crippen MR) is 108 cm³/mol. The molecule has 1 unspecified atom stereocenters. The van der Waals surface area contributed by atoms with Crippen LogP contribution in [0.1, 0.15) is 12.8 Å². The molecule has 5 nitrogen and oxygen atoms in total. The molecule has 0 radical (unpaired) electrons. The third kappa shape index (κ3) is 4.29. The number of rotatable bonds is 4. The van der Waals surface area contributed by atoms with Gasteiger partial charge in [0.2, 0.25) is 0 Å². The molecule has 2 aliphatic heterocycles. The van der Waals surface area contributed by atoms with E-state index in [9.17, 15) is 18.3 Å². The summed E-state index contributed by atoms with van der Waals surface area (Å²) in [5.74, 6) is 0. The minimum atomic E-state index is -4.56. The third-order valence-electron chi connectivity index (χ3n) is 5.35. The Labute approximate surface area is 171 Å². The van der Waals surface area contributed by atoms with Crippen LogP contribution in [0.5, 0.6) is 0 Å². The van der Waals surface area contributed by atoms with Crippen molar-refractivity contribution >= 4 is 23.2 Å². The summed E-state index contributed by atoms with van der Waals surface area (Å²) in [5.41, 5.74) is 3.62. The maximum absolute atomic E-state index is 13.5. The average molecular weight is 424 g/mol. The second kappa shape index (κ2) is 7.88. The zero-order valence-corrected chi connectivity index (χ0v) is 16.6. The summed E-state index contributed by atoms with van der Waals surface area (Å²) in [7, 11) is 0. The van der Waals surface area contributed by atoms with Gasteiger partial charge in [-0.15, -0.1) is 0 Å². The molecule has 1 fully saturated rings. The number of nitrogens with two attached hydrogens (primary N) is 1. The normalized spacial score (nSPS) is 25.6. The van der Waals surface area contributed by atoms with Crippen molar-refractivity contribution in [3.8, 4) is 0 Å². The largest absolute Gasteiger partial charge is 0.416 e. The van der Waals surface area contributed by atoms with E-state index in [0.29, 0.717) is 30.0 Å². The van der Waals surface area contributed by atoms with Crippen LogP contribution in [-0.4, -0.2) is 59.8 Å². The molecule has 156 valence electrons. The number of aliphatic imine (C=N–C) groups is 1. The first kappa shape index (κ1) is 20.6. The van der Waals surface area contributed by atoms with Gasteiger partial charge in [-0.05, 0) is 50.2 Å². The summed E-state index contributed by atoms with van der Waals surface area (Å²) in [4.78, 5) is 7.82. The smallest absolute Gasteiger partial charge is 0.367 e. The van der Waals surface area contributed by atoms with Crippen LogP contribution < -0.4 is 11.1 Å². The fourth-order valence-corrected chi connectivity index (χ4v) is 4.98. The molecule has 1 aromatic carbocycles. The summed E-state index contributed by atoms with van der Waals surface area (Å²) in [6.45, 7) is 2.94. The lowest BCUT2D eigenvalue weighted by Crippen LogP contribution is -2.58. The van der Waals surface area contributed by atoms with E-state index in [4.69, 9.17) is 5.73 Å². The van der Waals surface area contributed by atoms with Gasteiger partial charge in [-0.2, -0.15) is 13.2 Å². The number of para-hydroxylation sites is 1. The number of alkyl halides is 3. The van der Waals surface area contributed by atoms with Crippen molar-refractivity contribution in [2.75, 3.05) is 26.2 Å². The molecule has 3 aliphatic rings. The number of allylic oxidation sites excluding steroid dienone is 2. The van der Waals surface area contributed by atoms with Crippen LogP contribution >= 0.6 is 11.8 Å². The Morgan fingerprint density at radius 3 is 2.69 bits per heavy atom. The number of aliphatic hydroxyl groups is 1. The zero-order valence-electron chi connectivity index (χ0n) is 15.7. The summed E-state index contributed by atoms with van der Waals surface area (Å²) in [6, 6.07) is 7.12. The summed E-state index contributed by atoms with van der Waals surface area (Å²) in [6.07, 6.45) is -1.20. The van der Waals surface area contributed by atoms with E-state index in [2.05, 4.69) is 15.2 Å². The summed E-state index contributed by atoms with van der Waals surface area (Å²) < 4.78 is 40.6. The van der Waals surface area contributed by atoms with E-state index in [-0.39, 0.29) is 11.8 Å². The molecule has 0 bridgehead atoms. The summed E-state index contributed by atoms with van der Waals surface area (Å²) >= 11 is 1.20. The Bertz CT molecular complexity index is 875. The molecule has 4 N–H and O–H groups in total. The predicted octanol–water partition coefficient (Wildman–Crippen LogP) is 2.95. The van der Waals surface area contributed by atoms with Gasteiger partial charge >= 0.3 is 6.18 Å². The second-order valence-electron chi connectivity index (χ2n) is 7.45. The first-order valence-electron chi connectivity index (χ1n) is 9.59. The van der Waals surface area contributed by atoms with Crippen LogP contribution in [0.3, 0.4) is 0 Å². The fraction of sp³-hybridized carbons (Fsp3) is 0.450. The van der Waals surface area contributed by atoms with E-state index < -0.39 is 17.5 Å². The van der Waals surface area contributed by atoms with Gasteiger partial charge in [0.15, 0.2) is 5.72 Å². The van der Waals surface area contributed by atoms with Crippen LogP contribution in [0, 0.1) is 0 Å². The van der Waals surface area contributed by atoms with Crippen molar-refractivity contribution in [1.82, 2.24) is 10.2 Å². The summed E-state index contributed by atoms with van der Waals surface area (Å²) in [5, 5.41) is 14.4. The minimum absolute atomic E-state index is 0.121. The maximum atomic E-state index is 13.5. The topological polar surface area (TPSA) is 73.9 Å². The van der Waals surface area contributed by atoms with Crippen LogP contribution in [0.25, 0.3) is 0 Å². The maximum Gasteiger partial charge on any atom is 0.416 e. The van der Waals surface area contributed by atoms with Gasteiger partial charge in [-0.3, -0.25) is 5.32 Å². The molecule has 0 saturated carbocycles. The van der Waals surface area contributed by atoms with Crippen molar-refractivity contribution in [3.63, 3.8) is 0 Å². The van der Waals surface area contributed by atoms with E-state index in [1.807, 2.05) is 18.2 Å². The van der Waals surface area contributed by atoms with Crippen molar-refractivity contribution < 1.29 is 18.3 Å². The number of halogens is 3. The molecule has 2 heterocycles. The number of fused-ring (bicyclic) bond motifs is 2. The highest BCUT2D eigenvalue weighted by molar-refractivity contribution is 8.04. The lowest BCUT2D eigenvalue weighted by molar-refractivity contribution is -0.0900. The Morgan fingerprint density at radius 2 is 2.00 bits per heavy atom. The van der Waals surface area contributed by atoms with Gasteiger partial charge in [-0.1, -0.05) is 23.9 Å². The number of thioether (sulfide) groups is 1. The molecule has 0 amide bonds. The van der Waals surface area contributed by atoms with E-state index in [0.717, 1.165) is 36.7 Å². The molecular formula is C20H23F3N4OS. The second-order valence-corrected chi connectivity index (χ2v) is 8.54. The molecule has 1 aromatic rings. The van der Waals surface area contributed by atoms with Crippen LogP contribution in [0.4, 0.5) is 18.9 Å². The Morgan fingerprint density at radius 1 is 1.28 bits per heavy atom. The molecular weight excluding hydrogens is 401 g/mol. The quantitative estimate of drug-likeness (QED) is 0.648. The number of nitrogens with one attached hydrogen (secondary N) is 1. The van der Waals surface area contributed by atoms with Crippen molar-refractivity contribution in [3.05, 3.63) is 46.9 Å². The van der Waals surface area contributed by atoms with E-state index >= 15 is 0 Å². The molecule has 1 atom stereocenters. The fourth-order valence-electron chi connectivity index (χ4n) is 3.89. The first-order chi connectivity index (χ1) is 13.8. The number of hydrogen-bond donors (Lipinski definition) is 3. The van der Waals surface area contributed by atoms with Crippen molar-refractivity contribution in [2.45, 2.75) is 35.7 Å². The van der Waals surface area contributed by atoms with Crippen LogP contribution in [0.2, 0.25) is 0 Å². The highest BCUT2D eigenvalue weighted by atomic mass is 32.2. The highest BCUT2D eigenvalue weighted by Gasteiger charge is 2.46. The van der Waals surface area contributed by atoms with Crippen molar-refractivity contribution in [1.29, 1.82) is 0 Å². The third-order valence-corrected chi connectivity index (χ3v) is 6.44. The van der Waals surface area contributed by atoms with Crippen molar-refractivity contribution in [2.24, 2.45) is 10.7 Å². The lowest BCUT2D eigenvalue weighted by atomic mass is 9.93. The van der Waals surface area contributed by atoms with Gasteiger partial charge in [-0.25, -0.2) is 4.99 Å². The Hall–Kier alpha value is -1.65. The van der Waals surface area contributed by atoms with Gasteiger partial charge in [0, 0.05) is 28.9 Å². The van der Waals surface area contributed by atoms with Crippen LogP contribution in [0.15, 0.2) is 56.8 Å². The molecule has 9 heteroatoms. The zero-order chi connectivity index (χ0) is 20.6. The molecule has 4 rings (SSSR count). The van der Waals surface area contributed by atoms with Gasteiger partial charge < -0.3 is 15.7 Å². The number of piperidine rings is 1. The van der Waals surface area contributed by atoms with Gasteiger partial charge in [0.1, 0.15) is 5.71 Å². The minimum Gasteiger partial charge on any atom is -0.367 e. The number of likely N-dealkylation sites (tertiary alicyclic amines) is 1. The monoisotopic (exact) mass is 424 g/mol. The number of hydrogen-bond acceptors (Lipinski definition) is 6. The Balaban J connectivity index is 1.65. The van der Waals surface area contributed by atoms with E-state index in [1.165, 1.54) is 11.8 Å². The number of benzene rings is 1. The molecule has 1 aliphatic carbocycles. The van der Waals surface area contributed by atoms with Crippen LogP contribution in [-0.2, 0) is 0 Å². The van der Waals surface area contributed by atoms with Gasteiger partial charge in [0.05, 0.1) is 11.3 Å². The Kier molecular flexibility index (Phi) is 5.60. The SMILES string of the molecule is NCCN1CCC(NC2(O)C=C(C(F)(F)F)C=C3Sc4ccccc4N=C32)CC1. The first-order valence-corrected chi connectivity index (χ1v) is 10.4. The average Bonchev–Trinajstić information content (AvgIpc) is 2.68. The molecule has 0 aromatic heterocycles. The van der Waals surface area contributed by atoms with Gasteiger partial charge in [0.25, 0.3) is 0 Å². The molecule has 1 saturated heterocycles.